The predicted octanol–water partition coefficient (Wildman–Crippen LogP) is 1.22. The van der Waals surface area contributed by atoms with E-state index in [0.29, 0.717) is 17.8 Å². The monoisotopic (exact) mass is 234 g/mol. The fourth-order valence-corrected chi connectivity index (χ4v) is 1.89. The van der Waals surface area contributed by atoms with Crippen LogP contribution in [0.15, 0.2) is 18.2 Å². The van der Waals surface area contributed by atoms with Crippen molar-refractivity contribution in [2.24, 2.45) is 0 Å². The van der Waals surface area contributed by atoms with Gasteiger partial charge in [0.1, 0.15) is 0 Å². The van der Waals surface area contributed by atoms with Crippen molar-refractivity contribution < 1.29 is 9.90 Å². The van der Waals surface area contributed by atoms with E-state index in [0.717, 1.165) is 24.8 Å². The smallest absolute Gasteiger partial charge is 0.251 e. The van der Waals surface area contributed by atoms with E-state index in [2.05, 4.69) is 5.32 Å². The number of hydrogen-bond donors (Lipinski definition) is 3. The molecule has 0 bridgehead atoms. The predicted molar refractivity (Wildman–Crippen MR) is 66.7 cm³/mol. The Hall–Kier alpha value is -1.55. The summed E-state index contributed by atoms with van der Waals surface area (Å²) in [5, 5.41) is 12.6. The Bertz CT molecular complexity index is 439. The summed E-state index contributed by atoms with van der Waals surface area (Å²) in [6, 6.07) is 5.23. The second kappa shape index (κ2) is 4.37. The minimum absolute atomic E-state index is 0.183. The maximum atomic E-state index is 11.8. The van der Waals surface area contributed by atoms with E-state index in [-0.39, 0.29) is 5.91 Å². The number of nitrogens with one attached hydrogen (secondary N) is 1. The average Bonchev–Trinajstić information content (AvgIpc) is 2.27. The van der Waals surface area contributed by atoms with Crippen molar-refractivity contribution in [3.8, 4) is 0 Å². The Morgan fingerprint density at radius 3 is 2.76 bits per heavy atom. The zero-order chi connectivity index (χ0) is 12.5. The average molecular weight is 234 g/mol. The summed E-state index contributed by atoms with van der Waals surface area (Å²) in [6.07, 6.45) is 2.57. The molecule has 4 N–H and O–H groups in total. The lowest BCUT2D eigenvalue weighted by atomic mass is 9.80. The van der Waals surface area contributed by atoms with Crippen LogP contribution in [0.2, 0.25) is 0 Å². The van der Waals surface area contributed by atoms with Crippen LogP contribution in [0.1, 0.15) is 35.2 Å². The summed E-state index contributed by atoms with van der Waals surface area (Å²) in [6.45, 7) is 2.22. The highest BCUT2D eigenvalue weighted by Gasteiger charge is 2.34. The lowest BCUT2D eigenvalue weighted by Crippen LogP contribution is -2.47. The van der Waals surface area contributed by atoms with Crippen molar-refractivity contribution in [3.05, 3.63) is 29.3 Å². The van der Waals surface area contributed by atoms with E-state index in [9.17, 15) is 9.90 Å². The zero-order valence-corrected chi connectivity index (χ0v) is 9.99. The highest BCUT2D eigenvalue weighted by molar-refractivity contribution is 5.95. The molecule has 17 heavy (non-hydrogen) atoms. The first-order valence-corrected chi connectivity index (χ1v) is 5.87. The van der Waals surface area contributed by atoms with Crippen molar-refractivity contribution in [2.75, 3.05) is 12.3 Å². The maximum absolute atomic E-state index is 11.8. The van der Waals surface area contributed by atoms with Crippen molar-refractivity contribution in [3.63, 3.8) is 0 Å². The summed E-state index contributed by atoms with van der Waals surface area (Å²) < 4.78 is 0. The van der Waals surface area contributed by atoms with Crippen molar-refractivity contribution in [1.82, 2.24) is 5.32 Å². The maximum Gasteiger partial charge on any atom is 0.251 e. The molecule has 0 saturated heterocycles. The molecule has 0 aliphatic heterocycles. The lowest BCUT2D eigenvalue weighted by molar-refractivity contribution is -0.0300. The van der Waals surface area contributed by atoms with Crippen LogP contribution in [0.3, 0.4) is 0 Å². The minimum Gasteiger partial charge on any atom is -0.398 e. The Labute approximate surface area is 101 Å². The molecule has 2 rings (SSSR count). The number of carbonyl (C=O) groups excluding carboxylic acids is 1. The number of rotatable bonds is 3. The molecule has 1 saturated carbocycles. The van der Waals surface area contributed by atoms with E-state index in [1.54, 1.807) is 12.1 Å². The lowest BCUT2D eigenvalue weighted by Gasteiger charge is -2.36. The normalized spacial score (nSPS) is 17.3. The van der Waals surface area contributed by atoms with Crippen molar-refractivity contribution >= 4 is 11.6 Å². The van der Waals surface area contributed by atoms with Gasteiger partial charge < -0.3 is 16.2 Å². The second-order valence-corrected chi connectivity index (χ2v) is 4.83. The number of hydrogen-bond acceptors (Lipinski definition) is 3. The molecule has 1 aliphatic rings. The molecule has 0 unspecified atom stereocenters. The van der Waals surface area contributed by atoms with E-state index in [1.165, 1.54) is 0 Å². The number of amides is 1. The Balaban J connectivity index is 1.97. The number of aryl methyl sites for hydroxylation is 1. The molecule has 0 heterocycles. The molecule has 1 aromatic carbocycles. The van der Waals surface area contributed by atoms with Gasteiger partial charge in [-0.05, 0) is 43.9 Å². The highest BCUT2D eigenvalue weighted by atomic mass is 16.3. The van der Waals surface area contributed by atoms with Crippen LogP contribution in [-0.2, 0) is 0 Å². The van der Waals surface area contributed by atoms with E-state index < -0.39 is 5.60 Å². The molecule has 0 atom stereocenters. The largest absolute Gasteiger partial charge is 0.398 e. The number of nitrogen functional groups attached to an aromatic ring is 1. The topological polar surface area (TPSA) is 75.3 Å². The SMILES string of the molecule is Cc1ccc(C(=O)NCC2(O)CCC2)cc1N. The van der Waals surface area contributed by atoms with Crippen LogP contribution in [0, 0.1) is 6.92 Å². The van der Waals surface area contributed by atoms with E-state index in [4.69, 9.17) is 5.73 Å². The van der Waals surface area contributed by atoms with Gasteiger partial charge in [0.2, 0.25) is 0 Å². The van der Waals surface area contributed by atoms with E-state index >= 15 is 0 Å². The van der Waals surface area contributed by atoms with E-state index in [1.807, 2.05) is 13.0 Å². The van der Waals surface area contributed by atoms with Gasteiger partial charge in [0.15, 0.2) is 0 Å². The Morgan fingerprint density at radius 1 is 1.53 bits per heavy atom. The summed E-state index contributed by atoms with van der Waals surface area (Å²) in [7, 11) is 0. The number of carbonyl (C=O) groups is 1. The third-order valence-electron chi connectivity index (χ3n) is 3.40. The third kappa shape index (κ3) is 2.58. The van der Waals surface area contributed by atoms with Gasteiger partial charge >= 0.3 is 0 Å². The standard InChI is InChI=1S/C13H18N2O2/c1-9-3-4-10(7-11(9)14)12(16)15-8-13(17)5-2-6-13/h3-4,7,17H,2,5-6,8,14H2,1H3,(H,15,16). The fraction of sp³-hybridized carbons (Fsp3) is 0.462. The molecule has 92 valence electrons. The van der Waals surface area contributed by atoms with Crippen LogP contribution in [0.25, 0.3) is 0 Å². The first-order chi connectivity index (χ1) is 8.00. The molecule has 0 radical (unpaired) electrons. The molecule has 4 heteroatoms. The summed E-state index contributed by atoms with van der Waals surface area (Å²) in [5.74, 6) is -0.183. The van der Waals surface area contributed by atoms with Crippen LogP contribution < -0.4 is 11.1 Å². The molecule has 1 fully saturated rings. The molecule has 1 aliphatic carbocycles. The van der Waals surface area contributed by atoms with Gasteiger partial charge in [0.05, 0.1) is 5.60 Å². The van der Waals surface area contributed by atoms with Crippen molar-refractivity contribution in [2.45, 2.75) is 31.8 Å². The van der Waals surface area contributed by atoms with Gasteiger partial charge in [-0.15, -0.1) is 0 Å². The van der Waals surface area contributed by atoms with Crippen LogP contribution in [-0.4, -0.2) is 23.2 Å². The first kappa shape index (κ1) is 11.9. The number of nitrogens with two attached hydrogens (primary N) is 1. The van der Waals surface area contributed by atoms with Crippen LogP contribution >= 0.6 is 0 Å². The Kier molecular flexibility index (Phi) is 3.07. The molecule has 0 spiro atoms. The van der Waals surface area contributed by atoms with Gasteiger partial charge in [-0.3, -0.25) is 4.79 Å². The van der Waals surface area contributed by atoms with Gasteiger partial charge in [-0.2, -0.15) is 0 Å². The third-order valence-corrected chi connectivity index (χ3v) is 3.40. The molecular weight excluding hydrogens is 216 g/mol. The summed E-state index contributed by atoms with van der Waals surface area (Å²) in [4.78, 5) is 11.8. The minimum atomic E-state index is -0.689. The van der Waals surface area contributed by atoms with Crippen molar-refractivity contribution in [1.29, 1.82) is 0 Å². The fourth-order valence-electron chi connectivity index (χ4n) is 1.89. The van der Waals surface area contributed by atoms with Gasteiger partial charge in [0.25, 0.3) is 5.91 Å². The number of anilines is 1. The number of benzene rings is 1. The summed E-state index contributed by atoms with van der Waals surface area (Å²) >= 11 is 0. The van der Waals surface area contributed by atoms with Gasteiger partial charge in [-0.1, -0.05) is 6.07 Å². The van der Waals surface area contributed by atoms with Crippen LogP contribution in [0.5, 0.6) is 0 Å². The molecule has 0 aromatic heterocycles. The molecule has 1 aromatic rings. The molecular formula is C13H18N2O2. The summed E-state index contributed by atoms with van der Waals surface area (Å²) in [5.41, 5.74) is 7.17. The molecule has 4 nitrogen and oxygen atoms in total. The number of aliphatic hydroxyl groups is 1. The Morgan fingerprint density at radius 2 is 2.24 bits per heavy atom. The zero-order valence-electron chi connectivity index (χ0n) is 9.99. The second-order valence-electron chi connectivity index (χ2n) is 4.83. The molecule has 1 amide bonds. The quantitative estimate of drug-likeness (QED) is 0.688. The first-order valence-electron chi connectivity index (χ1n) is 5.87. The van der Waals surface area contributed by atoms with Gasteiger partial charge in [-0.25, -0.2) is 0 Å². The van der Waals surface area contributed by atoms with Gasteiger partial charge in [0, 0.05) is 17.8 Å². The van der Waals surface area contributed by atoms with Crippen LogP contribution in [0.4, 0.5) is 5.69 Å². The highest BCUT2D eigenvalue weighted by Crippen LogP contribution is 2.30.